The average Bonchev–Trinajstić information content (AvgIpc) is 2.59. The highest BCUT2D eigenvalue weighted by Gasteiger charge is 2.07. The number of primary amides is 1. The maximum Gasteiger partial charge on any atom is 0.255 e. The lowest BCUT2D eigenvalue weighted by Crippen LogP contribution is -2.20. The number of ether oxygens (including phenoxy) is 2. The van der Waals surface area contributed by atoms with Crippen LogP contribution in [0.15, 0.2) is 42.5 Å². The first-order valence-electron chi connectivity index (χ1n) is 7.61. The number of nitrogens with one attached hydrogen (secondary N) is 1. The van der Waals surface area contributed by atoms with Crippen LogP contribution in [-0.4, -0.2) is 25.5 Å². The van der Waals surface area contributed by atoms with Crippen molar-refractivity contribution in [2.75, 3.05) is 19.0 Å². The Kier molecular flexibility index (Phi) is 6.33. The van der Waals surface area contributed by atoms with E-state index in [4.69, 9.17) is 15.2 Å². The highest BCUT2D eigenvalue weighted by molar-refractivity contribution is 5.90. The lowest BCUT2D eigenvalue weighted by molar-refractivity contribution is -0.120. The van der Waals surface area contributed by atoms with Crippen LogP contribution in [0.1, 0.15) is 12.0 Å². The molecule has 132 valence electrons. The topological polar surface area (TPSA) is 90.7 Å². The van der Waals surface area contributed by atoms with Gasteiger partial charge in [0.15, 0.2) is 18.2 Å². The molecule has 0 saturated carbocycles. The molecular weight excluding hydrogens is 327 g/mol. The molecule has 0 atom stereocenters. The summed E-state index contributed by atoms with van der Waals surface area (Å²) in [5.74, 6) is -0.557. The van der Waals surface area contributed by atoms with E-state index in [9.17, 15) is 14.0 Å². The van der Waals surface area contributed by atoms with Gasteiger partial charge in [-0.3, -0.25) is 9.59 Å². The Morgan fingerprint density at radius 1 is 1.16 bits per heavy atom. The lowest BCUT2D eigenvalue weighted by atomic mass is 10.1. The van der Waals surface area contributed by atoms with Crippen LogP contribution >= 0.6 is 0 Å². The van der Waals surface area contributed by atoms with Crippen molar-refractivity contribution in [2.24, 2.45) is 5.73 Å². The number of benzene rings is 2. The number of anilines is 1. The quantitative estimate of drug-likeness (QED) is 0.767. The van der Waals surface area contributed by atoms with Gasteiger partial charge in [-0.25, -0.2) is 4.39 Å². The van der Waals surface area contributed by atoms with Crippen molar-refractivity contribution in [2.45, 2.75) is 12.8 Å². The maximum absolute atomic E-state index is 13.6. The van der Waals surface area contributed by atoms with Gasteiger partial charge in [0, 0.05) is 12.1 Å². The molecule has 0 aliphatic carbocycles. The van der Waals surface area contributed by atoms with Gasteiger partial charge in [0.2, 0.25) is 5.91 Å². The first-order valence-corrected chi connectivity index (χ1v) is 7.61. The molecule has 0 radical (unpaired) electrons. The molecule has 0 aliphatic rings. The van der Waals surface area contributed by atoms with Gasteiger partial charge in [0.25, 0.3) is 5.91 Å². The standard InChI is InChI=1S/C18H19FN2O4/c1-24-16-8-2-12(10-15(16)19)3-9-18(23)21-13-4-6-14(7-5-13)25-11-17(20)22/h2,4-8,10H,3,9,11H2,1H3,(H2,20,22)(H,21,23). The minimum atomic E-state index is -0.563. The van der Waals surface area contributed by atoms with Crippen LogP contribution in [0.4, 0.5) is 10.1 Å². The number of halogens is 1. The zero-order chi connectivity index (χ0) is 18.2. The van der Waals surface area contributed by atoms with E-state index in [0.717, 1.165) is 0 Å². The molecule has 2 aromatic carbocycles. The fraction of sp³-hybridized carbons (Fsp3) is 0.222. The first kappa shape index (κ1) is 18.3. The number of rotatable bonds is 8. The molecule has 0 aliphatic heterocycles. The normalized spacial score (nSPS) is 10.2. The van der Waals surface area contributed by atoms with Gasteiger partial charge < -0.3 is 20.5 Å². The van der Waals surface area contributed by atoms with E-state index >= 15 is 0 Å². The van der Waals surface area contributed by atoms with E-state index < -0.39 is 11.7 Å². The summed E-state index contributed by atoms with van der Waals surface area (Å²) < 4.78 is 23.6. The minimum Gasteiger partial charge on any atom is -0.494 e. The number of hydrogen-bond acceptors (Lipinski definition) is 4. The van der Waals surface area contributed by atoms with E-state index in [1.54, 1.807) is 30.3 Å². The Balaban J connectivity index is 1.83. The number of methoxy groups -OCH3 is 1. The van der Waals surface area contributed by atoms with Gasteiger partial charge in [-0.1, -0.05) is 6.07 Å². The Bertz CT molecular complexity index is 747. The molecule has 6 nitrogen and oxygen atoms in total. The number of nitrogens with two attached hydrogens (primary N) is 1. The third-order valence-electron chi connectivity index (χ3n) is 3.38. The van der Waals surface area contributed by atoms with E-state index in [1.807, 2.05) is 0 Å². The monoisotopic (exact) mass is 346 g/mol. The van der Waals surface area contributed by atoms with Crippen LogP contribution in [-0.2, 0) is 16.0 Å². The van der Waals surface area contributed by atoms with Gasteiger partial charge in [-0.15, -0.1) is 0 Å². The van der Waals surface area contributed by atoms with E-state index in [2.05, 4.69) is 5.32 Å². The summed E-state index contributed by atoms with van der Waals surface area (Å²) in [6, 6.07) is 11.2. The minimum absolute atomic E-state index is 0.173. The molecule has 2 rings (SSSR count). The van der Waals surface area contributed by atoms with Crippen molar-refractivity contribution in [1.82, 2.24) is 0 Å². The second-order valence-corrected chi connectivity index (χ2v) is 5.30. The number of amides is 2. The van der Waals surface area contributed by atoms with Crippen LogP contribution in [0.3, 0.4) is 0 Å². The van der Waals surface area contributed by atoms with E-state index in [1.165, 1.54) is 19.2 Å². The van der Waals surface area contributed by atoms with Crippen LogP contribution in [0.5, 0.6) is 11.5 Å². The second kappa shape index (κ2) is 8.68. The molecule has 0 fully saturated rings. The molecule has 0 heterocycles. The molecule has 25 heavy (non-hydrogen) atoms. The van der Waals surface area contributed by atoms with Crippen molar-refractivity contribution < 1.29 is 23.5 Å². The van der Waals surface area contributed by atoms with Gasteiger partial charge in [0.05, 0.1) is 7.11 Å². The summed E-state index contributed by atoms with van der Waals surface area (Å²) in [4.78, 5) is 22.6. The molecule has 0 spiro atoms. The van der Waals surface area contributed by atoms with Crippen LogP contribution in [0.2, 0.25) is 0 Å². The summed E-state index contributed by atoms with van der Waals surface area (Å²) >= 11 is 0. The van der Waals surface area contributed by atoms with E-state index in [0.29, 0.717) is 23.4 Å². The van der Waals surface area contributed by atoms with E-state index in [-0.39, 0.29) is 24.7 Å². The highest BCUT2D eigenvalue weighted by Crippen LogP contribution is 2.19. The summed E-state index contributed by atoms with van der Waals surface area (Å²) in [7, 11) is 1.40. The van der Waals surface area contributed by atoms with Crippen molar-refractivity contribution in [3.63, 3.8) is 0 Å². The number of hydrogen-bond donors (Lipinski definition) is 2. The number of aryl methyl sites for hydroxylation is 1. The predicted molar refractivity (Wildman–Crippen MR) is 91.0 cm³/mol. The zero-order valence-electron chi connectivity index (χ0n) is 13.8. The molecule has 7 heteroatoms. The lowest BCUT2D eigenvalue weighted by Gasteiger charge is -2.08. The van der Waals surface area contributed by atoms with Gasteiger partial charge in [0.1, 0.15) is 5.75 Å². The van der Waals surface area contributed by atoms with Crippen LogP contribution < -0.4 is 20.5 Å². The SMILES string of the molecule is COc1ccc(CCC(=O)Nc2ccc(OCC(N)=O)cc2)cc1F. The third-order valence-corrected chi connectivity index (χ3v) is 3.38. The third kappa shape index (κ3) is 5.80. The summed E-state index contributed by atoms with van der Waals surface area (Å²) in [6.45, 7) is -0.204. The molecule has 0 aromatic heterocycles. The summed E-state index contributed by atoms with van der Waals surface area (Å²) in [5, 5.41) is 2.74. The van der Waals surface area contributed by atoms with Crippen LogP contribution in [0.25, 0.3) is 0 Å². The molecule has 0 saturated heterocycles. The number of carbonyl (C=O) groups is 2. The van der Waals surface area contributed by atoms with Crippen molar-refractivity contribution in [3.05, 3.63) is 53.8 Å². The predicted octanol–water partition coefficient (Wildman–Crippen LogP) is 2.27. The summed E-state index contributed by atoms with van der Waals surface area (Å²) in [6.07, 6.45) is 0.623. The van der Waals surface area contributed by atoms with Crippen molar-refractivity contribution >= 4 is 17.5 Å². The van der Waals surface area contributed by atoms with Gasteiger partial charge in [-0.2, -0.15) is 0 Å². The molecule has 3 N–H and O–H groups in total. The average molecular weight is 346 g/mol. The number of carbonyl (C=O) groups excluding carboxylic acids is 2. The molecule has 0 unspecified atom stereocenters. The molecular formula is C18H19FN2O4. The summed E-state index contributed by atoms with van der Waals surface area (Å²) in [5.41, 5.74) is 6.30. The van der Waals surface area contributed by atoms with Crippen molar-refractivity contribution in [3.8, 4) is 11.5 Å². The Hall–Kier alpha value is -3.09. The Morgan fingerprint density at radius 2 is 1.88 bits per heavy atom. The fourth-order valence-corrected chi connectivity index (χ4v) is 2.14. The first-order chi connectivity index (χ1) is 12.0. The zero-order valence-corrected chi connectivity index (χ0v) is 13.8. The molecule has 0 bridgehead atoms. The smallest absolute Gasteiger partial charge is 0.255 e. The second-order valence-electron chi connectivity index (χ2n) is 5.30. The largest absolute Gasteiger partial charge is 0.494 e. The Morgan fingerprint density at radius 3 is 2.48 bits per heavy atom. The van der Waals surface area contributed by atoms with Crippen molar-refractivity contribution in [1.29, 1.82) is 0 Å². The Labute approximate surface area is 144 Å². The van der Waals surface area contributed by atoms with Crippen LogP contribution in [0, 0.1) is 5.82 Å². The highest BCUT2D eigenvalue weighted by atomic mass is 19.1. The molecule has 2 aromatic rings. The molecule has 2 amide bonds. The maximum atomic E-state index is 13.6. The van der Waals surface area contributed by atoms with Gasteiger partial charge >= 0.3 is 0 Å². The fourth-order valence-electron chi connectivity index (χ4n) is 2.14. The van der Waals surface area contributed by atoms with Gasteiger partial charge in [-0.05, 0) is 48.4 Å².